The lowest BCUT2D eigenvalue weighted by atomic mass is 10.2. The van der Waals surface area contributed by atoms with Crippen LogP contribution < -0.4 is 4.72 Å². The van der Waals surface area contributed by atoms with E-state index < -0.39 is 10.0 Å². The van der Waals surface area contributed by atoms with Gasteiger partial charge in [-0.2, -0.15) is 0 Å². The van der Waals surface area contributed by atoms with Crippen LogP contribution in [0, 0.1) is 0 Å². The lowest BCUT2D eigenvalue weighted by Crippen LogP contribution is -2.22. The molecular weight excluding hydrogens is 236 g/mol. The van der Waals surface area contributed by atoms with Crippen molar-refractivity contribution in [3.63, 3.8) is 0 Å². The van der Waals surface area contributed by atoms with Crippen LogP contribution in [-0.4, -0.2) is 32.7 Å². The Bertz CT molecular complexity index is 453. The minimum absolute atomic E-state index is 0.622. The lowest BCUT2D eigenvalue weighted by molar-refractivity contribution is 0.296. The molecule has 0 radical (unpaired) electrons. The molecule has 0 amide bonds. The SMILES string of the molecule is CCN(CC)Cc1cccc(NS(C)(=O)=O)c1. The highest BCUT2D eigenvalue weighted by Crippen LogP contribution is 2.13. The van der Waals surface area contributed by atoms with Gasteiger partial charge in [0.2, 0.25) is 10.0 Å². The zero-order chi connectivity index (χ0) is 12.9. The summed E-state index contributed by atoms with van der Waals surface area (Å²) in [5.74, 6) is 0. The molecule has 1 N–H and O–H groups in total. The van der Waals surface area contributed by atoms with Gasteiger partial charge in [0.25, 0.3) is 0 Å². The summed E-state index contributed by atoms with van der Waals surface area (Å²) in [6.07, 6.45) is 1.16. The Balaban J connectivity index is 2.79. The third kappa shape index (κ3) is 5.19. The van der Waals surface area contributed by atoms with E-state index in [4.69, 9.17) is 0 Å². The molecule has 0 aromatic heterocycles. The predicted molar refractivity (Wildman–Crippen MR) is 71.5 cm³/mol. The number of sulfonamides is 1. The van der Waals surface area contributed by atoms with E-state index in [1.54, 1.807) is 6.07 Å². The number of benzene rings is 1. The van der Waals surface area contributed by atoms with Gasteiger partial charge in [0.05, 0.1) is 6.26 Å². The molecule has 0 saturated carbocycles. The quantitative estimate of drug-likeness (QED) is 0.845. The number of hydrogen-bond acceptors (Lipinski definition) is 3. The molecule has 4 nitrogen and oxygen atoms in total. The Hall–Kier alpha value is -1.07. The number of rotatable bonds is 6. The Morgan fingerprint density at radius 1 is 1.24 bits per heavy atom. The van der Waals surface area contributed by atoms with Gasteiger partial charge >= 0.3 is 0 Å². The smallest absolute Gasteiger partial charge is 0.229 e. The molecule has 17 heavy (non-hydrogen) atoms. The second-order valence-electron chi connectivity index (χ2n) is 4.04. The van der Waals surface area contributed by atoms with Crippen molar-refractivity contribution < 1.29 is 8.42 Å². The van der Waals surface area contributed by atoms with E-state index in [-0.39, 0.29) is 0 Å². The van der Waals surface area contributed by atoms with Crippen molar-refractivity contribution in [2.45, 2.75) is 20.4 Å². The summed E-state index contributed by atoms with van der Waals surface area (Å²) in [5, 5.41) is 0. The zero-order valence-electron chi connectivity index (χ0n) is 10.6. The van der Waals surface area contributed by atoms with Crippen molar-refractivity contribution in [1.29, 1.82) is 0 Å². The van der Waals surface area contributed by atoms with E-state index in [0.717, 1.165) is 31.5 Å². The van der Waals surface area contributed by atoms with Crippen LogP contribution in [0.25, 0.3) is 0 Å². The molecule has 0 unspecified atom stereocenters. The van der Waals surface area contributed by atoms with Gasteiger partial charge in [-0.15, -0.1) is 0 Å². The number of hydrogen-bond donors (Lipinski definition) is 1. The molecule has 0 aliphatic rings. The minimum Gasteiger partial charge on any atom is -0.300 e. The first-order chi connectivity index (χ1) is 7.94. The largest absolute Gasteiger partial charge is 0.300 e. The highest BCUT2D eigenvalue weighted by atomic mass is 32.2. The molecule has 0 spiro atoms. The van der Waals surface area contributed by atoms with Gasteiger partial charge in [-0.1, -0.05) is 26.0 Å². The Morgan fingerprint density at radius 2 is 1.88 bits per heavy atom. The van der Waals surface area contributed by atoms with Gasteiger partial charge in [0.15, 0.2) is 0 Å². The number of anilines is 1. The van der Waals surface area contributed by atoms with Crippen molar-refractivity contribution in [3.8, 4) is 0 Å². The molecule has 1 aromatic rings. The lowest BCUT2D eigenvalue weighted by Gasteiger charge is -2.18. The molecule has 0 fully saturated rings. The van der Waals surface area contributed by atoms with Crippen LogP contribution in [-0.2, 0) is 16.6 Å². The van der Waals surface area contributed by atoms with E-state index in [0.29, 0.717) is 5.69 Å². The zero-order valence-corrected chi connectivity index (χ0v) is 11.4. The summed E-state index contributed by atoms with van der Waals surface area (Å²) in [6, 6.07) is 7.50. The third-order valence-corrected chi connectivity index (χ3v) is 3.14. The molecule has 1 rings (SSSR count). The second kappa shape index (κ2) is 6.02. The van der Waals surface area contributed by atoms with Crippen molar-refractivity contribution in [1.82, 2.24) is 4.90 Å². The maximum Gasteiger partial charge on any atom is 0.229 e. The summed E-state index contributed by atoms with van der Waals surface area (Å²) in [5.41, 5.74) is 1.74. The first kappa shape index (κ1) is 14.0. The maximum absolute atomic E-state index is 11.1. The van der Waals surface area contributed by atoms with Crippen LogP contribution in [0.4, 0.5) is 5.69 Å². The van der Waals surface area contributed by atoms with Gasteiger partial charge in [-0.25, -0.2) is 8.42 Å². The molecule has 1 aromatic carbocycles. The van der Waals surface area contributed by atoms with Crippen LogP contribution in [0.3, 0.4) is 0 Å². The molecule has 0 aliphatic heterocycles. The van der Waals surface area contributed by atoms with E-state index in [9.17, 15) is 8.42 Å². The number of nitrogens with zero attached hydrogens (tertiary/aromatic N) is 1. The van der Waals surface area contributed by atoms with Gasteiger partial charge in [0, 0.05) is 12.2 Å². The number of nitrogens with one attached hydrogen (secondary N) is 1. The molecular formula is C12H20N2O2S. The van der Waals surface area contributed by atoms with E-state index >= 15 is 0 Å². The van der Waals surface area contributed by atoms with Crippen molar-refractivity contribution in [3.05, 3.63) is 29.8 Å². The van der Waals surface area contributed by atoms with Gasteiger partial charge in [-0.3, -0.25) is 9.62 Å². The summed E-state index contributed by atoms with van der Waals surface area (Å²) >= 11 is 0. The first-order valence-electron chi connectivity index (χ1n) is 5.73. The van der Waals surface area contributed by atoms with Crippen molar-refractivity contribution in [2.75, 3.05) is 24.1 Å². The summed E-state index contributed by atoms with van der Waals surface area (Å²) in [7, 11) is -3.20. The van der Waals surface area contributed by atoms with Crippen LogP contribution in [0.1, 0.15) is 19.4 Å². The van der Waals surface area contributed by atoms with Crippen molar-refractivity contribution in [2.24, 2.45) is 0 Å². The fourth-order valence-electron chi connectivity index (χ4n) is 1.65. The molecule has 0 aliphatic carbocycles. The van der Waals surface area contributed by atoms with E-state index in [1.807, 2.05) is 18.2 Å². The van der Waals surface area contributed by atoms with Crippen LogP contribution in [0.5, 0.6) is 0 Å². The molecule has 96 valence electrons. The molecule has 5 heteroatoms. The standard InChI is InChI=1S/C12H20N2O2S/c1-4-14(5-2)10-11-7-6-8-12(9-11)13-17(3,15)16/h6-9,13H,4-5,10H2,1-3H3. The average molecular weight is 256 g/mol. The van der Waals surface area contributed by atoms with Crippen LogP contribution >= 0.6 is 0 Å². The van der Waals surface area contributed by atoms with Crippen LogP contribution in [0.15, 0.2) is 24.3 Å². The van der Waals surface area contributed by atoms with Gasteiger partial charge in [0.1, 0.15) is 0 Å². The van der Waals surface area contributed by atoms with E-state index in [1.165, 1.54) is 0 Å². The predicted octanol–water partition coefficient (Wildman–Crippen LogP) is 1.90. The summed E-state index contributed by atoms with van der Waals surface area (Å²) < 4.78 is 24.7. The Labute approximate surface area is 104 Å². The average Bonchev–Trinajstić information content (AvgIpc) is 2.24. The fourth-order valence-corrected chi connectivity index (χ4v) is 2.21. The molecule has 0 heterocycles. The van der Waals surface area contributed by atoms with Gasteiger partial charge < -0.3 is 0 Å². The summed E-state index contributed by atoms with van der Waals surface area (Å²) in [6.45, 7) is 7.04. The molecule has 0 bridgehead atoms. The van der Waals surface area contributed by atoms with Gasteiger partial charge in [-0.05, 0) is 30.8 Å². The second-order valence-corrected chi connectivity index (χ2v) is 5.78. The Morgan fingerprint density at radius 3 is 2.41 bits per heavy atom. The molecule has 0 saturated heterocycles. The highest BCUT2D eigenvalue weighted by Gasteiger charge is 2.04. The van der Waals surface area contributed by atoms with Crippen molar-refractivity contribution >= 4 is 15.7 Å². The maximum atomic E-state index is 11.1. The monoisotopic (exact) mass is 256 g/mol. The summed E-state index contributed by atoms with van der Waals surface area (Å²) in [4.78, 5) is 2.28. The third-order valence-electron chi connectivity index (χ3n) is 2.53. The first-order valence-corrected chi connectivity index (χ1v) is 7.62. The van der Waals surface area contributed by atoms with E-state index in [2.05, 4.69) is 23.5 Å². The highest BCUT2D eigenvalue weighted by molar-refractivity contribution is 7.92. The normalized spacial score (nSPS) is 11.8. The molecule has 0 atom stereocenters. The fraction of sp³-hybridized carbons (Fsp3) is 0.500. The Kier molecular flexibility index (Phi) is 4.96. The minimum atomic E-state index is -3.20. The van der Waals surface area contributed by atoms with Crippen LogP contribution in [0.2, 0.25) is 0 Å². The topological polar surface area (TPSA) is 49.4 Å².